The number of aromatic carboxylic acids is 1. The van der Waals surface area contributed by atoms with Crippen molar-refractivity contribution in [2.45, 2.75) is 6.42 Å². The maximum absolute atomic E-state index is 13.8. The van der Waals surface area contributed by atoms with Crippen molar-refractivity contribution in [1.82, 2.24) is 4.98 Å². The van der Waals surface area contributed by atoms with Gasteiger partial charge in [0.05, 0.1) is 0 Å². The first-order valence-electron chi connectivity index (χ1n) is 6.04. The lowest BCUT2D eigenvalue weighted by Crippen LogP contribution is -2.11. The van der Waals surface area contributed by atoms with E-state index in [4.69, 9.17) is 5.11 Å². The minimum atomic E-state index is -1.40. The molecule has 0 saturated heterocycles. The van der Waals surface area contributed by atoms with Crippen molar-refractivity contribution in [2.24, 2.45) is 0 Å². The van der Waals surface area contributed by atoms with Crippen LogP contribution in [0.1, 0.15) is 15.9 Å². The molecule has 0 unspecified atom stereocenters. The Morgan fingerprint density at radius 3 is 2.48 bits per heavy atom. The SMILES string of the molecule is O=C(O)c1ccnc(NCCc2cc(F)cc(F)c2)c1F. The first kappa shape index (κ1) is 14.8. The summed E-state index contributed by atoms with van der Waals surface area (Å²) in [6.45, 7) is 0.149. The molecule has 2 aromatic rings. The Bertz CT molecular complexity index is 657. The monoisotopic (exact) mass is 296 g/mol. The van der Waals surface area contributed by atoms with Gasteiger partial charge in [0.25, 0.3) is 0 Å². The molecule has 0 radical (unpaired) electrons. The van der Waals surface area contributed by atoms with Gasteiger partial charge in [-0.15, -0.1) is 0 Å². The molecule has 0 aliphatic heterocycles. The molecule has 0 fully saturated rings. The third-order valence-corrected chi connectivity index (χ3v) is 2.75. The van der Waals surface area contributed by atoms with E-state index < -0.39 is 29.0 Å². The first-order valence-corrected chi connectivity index (χ1v) is 6.04. The lowest BCUT2D eigenvalue weighted by Gasteiger charge is -2.08. The number of benzene rings is 1. The second kappa shape index (κ2) is 6.25. The number of aromatic nitrogens is 1. The van der Waals surface area contributed by atoms with Crippen molar-refractivity contribution in [3.05, 3.63) is 59.0 Å². The molecule has 0 amide bonds. The van der Waals surface area contributed by atoms with Crippen LogP contribution in [0.4, 0.5) is 19.0 Å². The van der Waals surface area contributed by atoms with Gasteiger partial charge in [-0.1, -0.05) is 0 Å². The maximum Gasteiger partial charge on any atom is 0.338 e. The molecular weight excluding hydrogens is 285 g/mol. The predicted molar refractivity (Wildman–Crippen MR) is 69.7 cm³/mol. The molecule has 2 N–H and O–H groups in total. The zero-order valence-corrected chi connectivity index (χ0v) is 10.7. The van der Waals surface area contributed by atoms with E-state index in [-0.39, 0.29) is 18.8 Å². The number of hydrogen-bond acceptors (Lipinski definition) is 3. The fourth-order valence-electron chi connectivity index (χ4n) is 1.81. The van der Waals surface area contributed by atoms with Crippen LogP contribution in [0.2, 0.25) is 0 Å². The quantitative estimate of drug-likeness (QED) is 0.890. The van der Waals surface area contributed by atoms with Gasteiger partial charge in [0.1, 0.15) is 17.2 Å². The van der Waals surface area contributed by atoms with Crippen LogP contribution in [-0.2, 0) is 6.42 Å². The van der Waals surface area contributed by atoms with E-state index in [1.807, 2.05) is 0 Å². The van der Waals surface area contributed by atoms with Gasteiger partial charge in [0, 0.05) is 18.8 Å². The topological polar surface area (TPSA) is 62.2 Å². The van der Waals surface area contributed by atoms with Gasteiger partial charge in [-0.2, -0.15) is 0 Å². The third kappa shape index (κ3) is 3.71. The highest BCUT2D eigenvalue weighted by molar-refractivity contribution is 5.88. The van der Waals surface area contributed by atoms with Crippen LogP contribution in [0.5, 0.6) is 0 Å². The minimum Gasteiger partial charge on any atom is -0.478 e. The Labute approximate surface area is 118 Å². The van der Waals surface area contributed by atoms with E-state index in [2.05, 4.69) is 10.3 Å². The maximum atomic E-state index is 13.8. The van der Waals surface area contributed by atoms with Crippen LogP contribution in [-0.4, -0.2) is 22.6 Å². The van der Waals surface area contributed by atoms with E-state index in [9.17, 15) is 18.0 Å². The van der Waals surface area contributed by atoms with Crippen molar-refractivity contribution in [2.75, 3.05) is 11.9 Å². The molecule has 0 atom stereocenters. The lowest BCUT2D eigenvalue weighted by molar-refractivity contribution is 0.0692. The number of halogens is 3. The molecule has 0 spiro atoms. The number of carbonyl (C=O) groups is 1. The highest BCUT2D eigenvalue weighted by Gasteiger charge is 2.14. The summed E-state index contributed by atoms with van der Waals surface area (Å²) >= 11 is 0. The summed E-state index contributed by atoms with van der Waals surface area (Å²) < 4.78 is 39.7. The van der Waals surface area contributed by atoms with Crippen LogP contribution in [0.3, 0.4) is 0 Å². The standard InChI is InChI=1S/C14H11F3N2O2/c15-9-5-8(6-10(16)7-9)1-3-18-13-12(17)11(14(20)21)2-4-19-13/h2,4-7H,1,3H2,(H,18,19)(H,20,21). The van der Waals surface area contributed by atoms with Crippen LogP contribution >= 0.6 is 0 Å². The molecule has 0 aliphatic carbocycles. The number of carboxylic acid groups (broad SMARTS) is 1. The second-order valence-corrected chi connectivity index (χ2v) is 4.28. The Morgan fingerprint density at radius 1 is 1.19 bits per heavy atom. The summed E-state index contributed by atoms with van der Waals surface area (Å²) in [5.41, 5.74) is -0.0981. The summed E-state index contributed by atoms with van der Waals surface area (Å²) in [7, 11) is 0. The molecular formula is C14H11F3N2O2. The van der Waals surface area contributed by atoms with Crippen molar-refractivity contribution < 1.29 is 23.1 Å². The minimum absolute atomic E-state index is 0.149. The fraction of sp³-hybridized carbons (Fsp3) is 0.143. The Morgan fingerprint density at radius 2 is 1.86 bits per heavy atom. The van der Waals surface area contributed by atoms with Gasteiger partial charge < -0.3 is 10.4 Å². The molecule has 2 rings (SSSR count). The number of nitrogens with zero attached hydrogens (tertiary/aromatic N) is 1. The molecule has 1 aromatic heterocycles. The van der Waals surface area contributed by atoms with Crippen LogP contribution < -0.4 is 5.32 Å². The summed E-state index contributed by atoms with van der Waals surface area (Å²) in [4.78, 5) is 14.5. The lowest BCUT2D eigenvalue weighted by atomic mass is 10.1. The van der Waals surface area contributed by atoms with Crippen LogP contribution in [0.25, 0.3) is 0 Å². The van der Waals surface area contributed by atoms with E-state index in [0.717, 1.165) is 18.3 Å². The van der Waals surface area contributed by atoms with Gasteiger partial charge >= 0.3 is 5.97 Å². The summed E-state index contributed by atoms with van der Waals surface area (Å²) in [6, 6.07) is 4.14. The van der Waals surface area contributed by atoms with E-state index in [1.54, 1.807) is 0 Å². The summed E-state index contributed by atoms with van der Waals surface area (Å²) in [6.07, 6.45) is 1.39. The Kier molecular flexibility index (Phi) is 4.42. The number of rotatable bonds is 5. The van der Waals surface area contributed by atoms with E-state index >= 15 is 0 Å². The largest absolute Gasteiger partial charge is 0.478 e. The van der Waals surface area contributed by atoms with Crippen molar-refractivity contribution >= 4 is 11.8 Å². The molecule has 21 heavy (non-hydrogen) atoms. The van der Waals surface area contributed by atoms with Crippen molar-refractivity contribution in [3.8, 4) is 0 Å². The van der Waals surface area contributed by atoms with Gasteiger partial charge in [0.15, 0.2) is 11.6 Å². The summed E-state index contributed by atoms with van der Waals surface area (Å²) in [5, 5.41) is 11.4. The zero-order valence-electron chi connectivity index (χ0n) is 10.7. The number of nitrogens with one attached hydrogen (secondary N) is 1. The third-order valence-electron chi connectivity index (χ3n) is 2.75. The highest BCUT2D eigenvalue weighted by Crippen LogP contribution is 2.15. The molecule has 0 saturated carbocycles. The van der Waals surface area contributed by atoms with Gasteiger partial charge in [0.2, 0.25) is 0 Å². The molecule has 0 bridgehead atoms. The smallest absolute Gasteiger partial charge is 0.338 e. The van der Waals surface area contributed by atoms with Crippen molar-refractivity contribution in [3.63, 3.8) is 0 Å². The van der Waals surface area contributed by atoms with Crippen LogP contribution in [0.15, 0.2) is 30.5 Å². The molecule has 1 aromatic carbocycles. The van der Waals surface area contributed by atoms with Crippen LogP contribution in [0, 0.1) is 17.5 Å². The zero-order chi connectivity index (χ0) is 15.4. The molecule has 4 nitrogen and oxygen atoms in total. The summed E-state index contributed by atoms with van der Waals surface area (Å²) in [5.74, 6) is -3.98. The Balaban J connectivity index is 2.04. The number of carboxylic acids is 1. The number of hydrogen-bond donors (Lipinski definition) is 2. The molecule has 0 aliphatic rings. The predicted octanol–water partition coefficient (Wildman–Crippen LogP) is 2.85. The average molecular weight is 296 g/mol. The molecule has 7 heteroatoms. The fourth-order valence-corrected chi connectivity index (χ4v) is 1.81. The van der Waals surface area contributed by atoms with E-state index in [0.29, 0.717) is 5.56 Å². The first-order chi connectivity index (χ1) is 9.97. The van der Waals surface area contributed by atoms with Gasteiger partial charge in [-0.05, 0) is 30.2 Å². The van der Waals surface area contributed by atoms with Gasteiger partial charge in [-0.3, -0.25) is 0 Å². The molecule has 110 valence electrons. The average Bonchev–Trinajstić information content (AvgIpc) is 2.39. The van der Waals surface area contributed by atoms with Gasteiger partial charge in [-0.25, -0.2) is 22.9 Å². The molecule has 1 heterocycles. The number of pyridine rings is 1. The second-order valence-electron chi connectivity index (χ2n) is 4.28. The normalized spacial score (nSPS) is 10.4. The number of anilines is 1. The highest BCUT2D eigenvalue weighted by atomic mass is 19.1. The van der Waals surface area contributed by atoms with E-state index in [1.165, 1.54) is 12.1 Å². The van der Waals surface area contributed by atoms with Crippen molar-refractivity contribution in [1.29, 1.82) is 0 Å². The Hall–Kier alpha value is -2.57.